The first-order chi connectivity index (χ1) is 15.2. The summed E-state index contributed by atoms with van der Waals surface area (Å²) in [6.07, 6.45) is 0.969. The molecule has 0 atom stereocenters. The van der Waals surface area contributed by atoms with Crippen LogP contribution >= 0.6 is 0 Å². The van der Waals surface area contributed by atoms with E-state index in [2.05, 4.69) is 44.4 Å². The van der Waals surface area contributed by atoms with Gasteiger partial charge in [0.25, 0.3) is 0 Å². The number of aliphatic hydroxyl groups excluding tert-OH is 1. The fraction of sp³-hybridized carbons (Fsp3) is 0.391. The van der Waals surface area contributed by atoms with E-state index in [4.69, 9.17) is 9.74 Å². The lowest BCUT2D eigenvalue weighted by Crippen LogP contribution is -2.57. The Bertz CT molecular complexity index is 983. The fourth-order valence-corrected chi connectivity index (χ4v) is 4.68. The Morgan fingerprint density at radius 1 is 0.903 bits per heavy atom. The monoisotopic (exact) mass is 421 g/mol. The van der Waals surface area contributed by atoms with E-state index < -0.39 is 0 Å². The number of hydroxylamine groups is 3. The van der Waals surface area contributed by atoms with Gasteiger partial charge in [-0.3, -0.25) is 4.90 Å². The number of piperazine rings is 1. The van der Waals surface area contributed by atoms with Crippen LogP contribution < -0.4 is 4.90 Å². The Balaban J connectivity index is 1.35. The molecule has 8 nitrogen and oxygen atoms in total. The quantitative estimate of drug-likeness (QED) is 0.484. The summed E-state index contributed by atoms with van der Waals surface area (Å²) in [4.78, 5) is 4.70. The average Bonchev–Trinajstić information content (AvgIpc) is 3.24. The van der Waals surface area contributed by atoms with Gasteiger partial charge in [0.2, 0.25) is 0 Å². The molecule has 0 spiro atoms. The first-order valence-electron chi connectivity index (χ1n) is 10.9. The summed E-state index contributed by atoms with van der Waals surface area (Å²) in [6, 6.07) is 16.5. The van der Waals surface area contributed by atoms with E-state index in [-0.39, 0.29) is 11.3 Å². The molecule has 0 aliphatic carbocycles. The molecule has 2 aliphatic rings. The highest BCUT2D eigenvalue weighted by Gasteiger charge is 2.29. The molecule has 1 saturated heterocycles. The van der Waals surface area contributed by atoms with Crippen molar-refractivity contribution in [3.05, 3.63) is 53.7 Å². The lowest BCUT2D eigenvalue weighted by Gasteiger charge is -2.48. The van der Waals surface area contributed by atoms with E-state index >= 15 is 0 Å². The maximum Gasteiger partial charge on any atom is 0.145 e. The van der Waals surface area contributed by atoms with Crippen LogP contribution in [0.3, 0.4) is 0 Å². The molecule has 2 aromatic carbocycles. The van der Waals surface area contributed by atoms with Crippen LogP contribution in [-0.2, 0) is 0 Å². The maximum absolute atomic E-state index is 12.5. The number of nitrogens with zero attached hydrogens (tertiary/aromatic N) is 5. The van der Waals surface area contributed by atoms with Crippen molar-refractivity contribution in [2.75, 3.05) is 57.3 Å². The Morgan fingerprint density at radius 3 is 2.06 bits per heavy atom. The van der Waals surface area contributed by atoms with E-state index in [0.717, 1.165) is 66.5 Å². The van der Waals surface area contributed by atoms with Crippen molar-refractivity contribution in [1.29, 1.82) is 0 Å². The largest absolute Gasteiger partial charge is 0.633 e. The van der Waals surface area contributed by atoms with Crippen LogP contribution in [0.4, 0.5) is 11.4 Å². The van der Waals surface area contributed by atoms with Crippen molar-refractivity contribution in [3.63, 3.8) is 0 Å². The minimum atomic E-state index is -0.272. The van der Waals surface area contributed by atoms with E-state index in [1.807, 2.05) is 24.3 Å². The molecule has 0 radical (unpaired) electrons. The van der Waals surface area contributed by atoms with Crippen molar-refractivity contribution < 1.29 is 14.4 Å². The van der Waals surface area contributed by atoms with E-state index in [9.17, 15) is 5.21 Å². The molecule has 1 aromatic heterocycles. The van der Waals surface area contributed by atoms with Gasteiger partial charge in [-0.05, 0) is 28.9 Å². The highest BCUT2D eigenvalue weighted by atomic mass is 16.6. The zero-order chi connectivity index (χ0) is 21.3. The second kappa shape index (κ2) is 8.39. The highest BCUT2D eigenvalue weighted by Crippen LogP contribution is 2.45. The first kappa shape index (κ1) is 20.1. The Morgan fingerprint density at radius 2 is 1.48 bits per heavy atom. The van der Waals surface area contributed by atoms with Crippen molar-refractivity contribution in [3.8, 4) is 22.5 Å². The van der Waals surface area contributed by atoms with Crippen molar-refractivity contribution in [1.82, 2.24) is 15.2 Å². The summed E-state index contributed by atoms with van der Waals surface area (Å²) in [5.74, 6) is 0. The van der Waals surface area contributed by atoms with Gasteiger partial charge >= 0.3 is 0 Å². The summed E-state index contributed by atoms with van der Waals surface area (Å²) in [6.45, 7) is 4.70. The molecule has 0 unspecified atom stereocenters. The molecule has 0 amide bonds. The third kappa shape index (κ3) is 3.83. The fourth-order valence-electron chi connectivity index (χ4n) is 4.68. The van der Waals surface area contributed by atoms with Crippen LogP contribution in [0.2, 0.25) is 0 Å². The van der Waals surface area contributed by atoms with Gasteiger partial charge in [0.05, 0.1) is 31.1 Å². The van der Waals surface area contributed by atoms with E-state index in [0.29, 0.717) is 19.6 Å². The van der Waals surface area contributed by atoms with Crippen molar-refractivity contribution >= 4 is 11.4 Å². The number of quaternary nitrogens is 1. The number of para-hydroxylation sites is 2. The predicted octanol–water partition coefficient (Wildman–Crippen LogP) is 2.87. The molecule has 0 saturated carbocycles. The normalized spacial score (nSPS) is 17.5. The van der Waals surface area contributed by atoms with Gasteiger partial charge in [-0.25, -0.2) is 4.63 Å². The van der Waals surface area contributed by atoms with E-state index in [1.54, 1.807) is 0 Å². The molecule has 162 valence electrons. The summed E-state index contributed by atoms with van der Waals surface area (Å²) in [5, 5.41) is 30.0. The predicted molar refractivity (Wildman–Crippen MR) is 119 cm³/mol. The molecule has 2 aliphatic heterocycles. The molecule has 5 rings (SSSR count). The molecule has 1 fully saturated rings. The minimum Gasteiger partial charge on any atom is -0.633 e. The van der Waals surface area contributed by atoms with Gasteiger partial charge in [-0.15, -0.1) is 0 Å². The topological polar surface area (TPSA) is 88.7 Å². The third-order valence-electron chi connectivity index (χ3n) is 6.40. The van der Waals surface area contributed by atoms with Gasteiger partial charge in [0, 0.05) is 37.3 Å². The van der Waals surface area contributed by atoms with E-state index in [1.165, 1.54) is 0 Å². The minimum absolute atomic E-state index is 0.0428. The van der Waals surface area contributed by atoms with Gasteiger partial charge < -0.3 is 19.9 Å². The molecule has 3 heterocycles. The molecular formula is C23H27N5O3. The number of benzene rings is 2. The second-order valence-electron chi connectivity index (χ2n) is 8.30. The van der Waals surface area contributed by atoms with Crippen LogP contribution in [0.25, 0.3) is 22.5 Å². The number of hydrogen-bond acceptors (Lipinski definition) is 7. The lowest BCUT2D eigenvalue weighted by molar-refractivity contribution is -0.885. The number of anilines is 2. The van der Waals surface area contributed by atoms with Gasteiger partial charge in [-0.2, -0.15) is 0 Å². The second-order valence-corrected chi connectivity index (χ2v) is 8.30. The van der Waals surface area contributed by atoms with Gasteiger partial charge in [0.1, 0.15) is 17.9 Å². The van der Waals surface area contributed by atoms with Gasteiger partial charge in [-0.1, -0.05) is 36.4 Å². The molecular weight excluding hydrogens is 394 g/mol. The zero-order valence-electron chi connectivity index (χ0n) is 17.5. The average molecular weight is 422 g/mol. The van der Waals surface area contributed by atoms with Crippen LogP contribution in [0.1, 0.15) is 6.42 Å². The Kier molecular flexibility index (Phi) is 5.45. The summed E-state index contributed by atoms with van der Waals surface area (Å²) in [7, 11) is 0. The Labute approximate surface area is 181 Å². The highest BCUT2D eigenvalue weighted by molar-refractivity contribution is 5.96. The number of hydrogen-bond donors (Lipinski definition) is 1. The molecule has 0 bridgehead atoms. The van der Waals surface area contributed by atoms with Crippen LogP contribution in [0, 0.1) is 5.21 Å². The molecule has 8 heteroatoms. The van der Waals surface area contributed by atoms with Crippen LogP contribution in [0.5, 0.6) is 0 Å². The maximum atomic E-state index is 12.5. The van der Waals surface area contributed by atoms with Crippen molar-refractivity contribution in [2.45, 2.75) is 6.42 Å². The SMILES string of the molecule is [O-][N+]1(CCO)CCN(CCCN2c3ccccc3-c3nonc3-c3ccccc32)CC1. The van der Waals surface area contributed by atoms with Crippen molar-refractivity contribution in [2.24, 2.45) is 0 Å². The van der Waals surface area contributed by atoms with Gasteiger partial charge in [0.15, 0.2) is 0 Å². The number of fused-ring (bicyclic) bond motifs is 5. The molecule has 31 heavy (non-hydrogen) atoms. The number of aliphatic hydroxyl groups is 1. The number of rotatable bonds is 6. The lowest BCUT2D eigenvalue weighted by atomic mass is 10.1. The summed E-state index contributed by atoms with van der Waals surface area (Å²) >= 11 is 0. The molecule has 1 N–H and O–H groups in total. The standard InChI is InChI=1S/C23H27N5O3/c29-17-16-28(30)14-12-26(13-15-28)10-5-11-27-20-8-3-1-6-18(20)22-23(25-31-24-22)19-7-2-4-9-21(19)27/h1-4,6-9,29H,5,10-17H2. The molecule has 3 aromatic rings. The summed E-state index contributed by atoms with van der Waals surface area (Å²) < 4.78 is 4.83. The summed E-state index contributed by atoms with van der Waals surface area (Å²) in [5.41, 5.74) is 5.78. The number of aromatic nitrogens is 2. The Hall–Kier alpha value is -2.78. The van der Waals surface area contributed by atoms with Crippen LogP contribution in [0.15, 0.2) is 53.2 Å². The first-order valence-corrected chi connectivity index (χ1v) is 10.9. The smallest absolute Gasteiger partial charge is 0.145 e. The third-order valence-corrected chi connectivity index (χ3v) is 6.40. The van der Waals surface area contributed by atoms with Crippen LogP contribution in [-0.4, -0.2) is 77.4 Å². The zero-order valence-corrected chi connectivity index (χ0v) is 17.5.